The Bertz CT molecular complexity index is 1310. The minimum Gasteiger partial charge on any atom is -0.360 e. The fourth-order valence-electron chi connectivity index (χ4n) is 4.16. The summed E-state index contributed by atoms with van der Waals surface area (Å²) in [7, 11) is -2.19. The van der Waals surface area contributed by atoms with Crippen molar-refractivity contribution in [2.75, 3.05) is 20.1 Å². The predicted octanol–water partition coefficient (Wildman–Crippen LogP) is 1.59. The maximum absolute atomic E-state index is 13.1. The second-order valence-corrected chi connectivity index (χ2v) is 9.95. The third-order valence-electron chi connectivity index (χ3n) is 5.72. The molecule has 0 unspecified atom stereocenters. The topological polar surface area (TPSA) is 129 Å². The number of fused-ring (bicyclic) bond motifs is 1. The maximum Gasteiger partial charge on any atom is 0.258 e. The van der Waals surface area contributed by atoms with Gasteiger partial charge in [-0.2, -0.15) is 4.31 Å². The molecule has 1 aromatic carbocycles. The normalized spacial score (nSPS) is 17.5. The molecule has 1 aliphatic rings. The van der Waals surface area contributed by atoms with E-state index in [0.717, 1.165) is 0 Å². The number of benzene rings is 1. The van der Waals surface area contributed by atoms with Gasteiger partial charge < -0.3 is 14.4 Å². The first kappa shape index (κ1) is 22.2. The van der Waals surface area contributed by atoms with Crippen molar-refractivity contribution in [3.8, 4) is 0 Å². The first-order chi connectivity index (χ1) is 15.2. The number of carbonyl (C=O) groups is 1. The molecular formula is C21H25N5O5S. The van der Waals surface area contributed by atoms with Crippen LogP contribution in [0.3, 0.4) is 0 Å². The molecule has 1 amide bonds. The van der Waals surface area contributed by atoms with Gasteiger partial charge in [0, 0.05) is 20.1 Å². The number of hydrogen-bond acceptors (Lipinski definition) is 7. The molecule has 4 rings (SSSR count). The molecule has 1 fully saturated rings. The lowest BCUT2D eigenvalue weighted by Crippen LogP contribution is -2.46. The third-order valence-corrected chi connectivity index (χ3v) is 7.83. The first-order valence-corrected chi connectivity index (χ1v) is 11.8. The van der Waals surface area contributed by atoms with Gasteiger partial charge in [0.2, 0.25) is 15.9 Å². The highest BCUT2D eigenvalue weighted by molar-refractivity contribution is 7.89. The van der Waals surface area contributed by atoms with Crippen LogP contribution < -0.4 is 5.56 Å². The Morgan fingerprint density at radius 1 is 1.31 bits per heavy atom. The zero-order valence-corrected chi connectivity index (χ0v) is 19.0. The summed E-state index contributed by atoms with van der Waals surface area (Å²) in [6, 6.07) is 6.99. The largest absolute Gasteiger partial charge is 0.360 e. The van der Waals surface area contributed by atoms with Gasteiger partial charge in [0.05, 0.1) is 23.4 Å². The first-order valence-electron chi connectivity index (χ1n) is 10.3. The Kier molecular flexibility index (Phi) is 5.87. The molecule has 3 aromatic rings. The van der Waals surface area contributed by atoms with Gasteiger partial charge in [0.1, 0.15) is 16.4 Å². The number of amides is 1. The molecule has 0 saturated carbocycles. The van der Waals surface area contributed by atoms with Gasteiger partial charge in [-0.05, 0) is 38.8 Å². The molecule has 170 valence electrons. The molecule has 1 saturated heterocycles. The standard InChI is InChI=1S/C21H25N5O5S/c1-13-19(14(2)31-24-13)32(29,30)26-10-6-7-15(11-26)21(28)25(3)12-18-22-17-9-5-4-8-16(17)20(27)23-18/h4-5,8-9,15H,6-7,10-12H2,1-3H3,(H,22,23,27)/t15-/m0/s1. The molecule has 1 N–H and O–H groups in total. The highest BCUT2D eigenvalue weighted by Gasteiger charge is 2.37. The van der Waals surface area contributed by atoms with Crippen LogP contribution in [0.4, 0.5) is 0 Å². The summed E-state index contributed by atoms with van der Waals surface area (Å²) in [6.45, 7) is 3.67. The molecule has 2 aromatic heterocycles. The summed E-state index contributed by atoms with van der Waals surface area (Å²) in [5.41, 5.74) is 0.599. The van der Waals surface area contributed by atoms with Crippen LogP contribution in [-0.2, 0) is 21.4 Å². The van der Waals surface area contributed by atoms with E-state index in [4.69, 9.17) is 4.52 Å². The summed E-state index contributed by atoms with van der Waals surface area (Å²) >= 11 is 0. The highest BCUT2D eigenvalue weighted by atomic mass is 32.2. The third kappa shape index (κ3) is 4.05. The number of nitrogens with zero attached hydrogens (tertiary/aromatic N) is 4. The lowest BCUT2D eigenvalue weighted by Gasteiger charge is -2.33. The number of aromatic nitrogens is 3. The van der Waals surface area contributed by atoms with E-state index in [1.165, 1.54) is 9.21 Å². The van der Waals surface area contributed by atoms with Gasteiger partial charge in [-0.1, -0.05) is 17.3 Å². The monoisotopic (exact) mass is 459 g/mol. The van der Waals surface area contributed by atoms with E-state index >= 15 is 0 Å². The molecule has 0 radical (unpaired) electrons. The Hall–Kier alpha value is -3.05. The lowest BCUT2D eigenvalue weighted by molar-refractivity contribution is -0.136. The molecule has 3 heterocycles. The van der Waals surface area contributed by atoms with Gasteiger partial charge in [-0.25, -0.2) is 13.4 Å². The minimum absolute atomic E-state index is 0.0666. The van der Waals surface area contributed by atoms with Crippen LogP contribution in [0.15, 0.2) is 38.5 Å². The summed E-state index contributed by atoms with van der Waals surface area (Å²) in [4.78, 5) is 34.1. The van der Waals surface area contributed by atoms with Crippen molar-refractivity contribution >= 4 is 26.8 Å². The molecule has 1 aliphatic heterocycles. The number of aromatic amines is 1. The molecular weight excluding hydrogens is 434 g/mol. The Balaban J connectivity index is 1.50. The number of piperidine rings is 1. The van der Waals surface area contributed by atoms with Crippen LogP contribution in [-0.4, -0.2) is 58.8 Å². The quantitative estimate of drug-likeness (QED) is 0.613. The summed E-state index contributed by atoms with van der Waals surface area (Å²) in [6.07, 6.45) is 1.15. The van der Waals surface area contributed by atoms with Crippen LogP contribution >= 0.6 is 0 Å². The van der Waals surface area contributed by atoms with E-state index in [0.29, 0.717) is 41.8 Å². The van der Waals surface area contributed by atoms with Gasteiger partial charge in [0.25, 0.3) is 5.56 Å². The van der Waals surface area contributed by atoms with Crippen LogP contribution in [0.1, 0.15) is 30.1 Å². The van der Waals surface area contributed by atoms with E-state index in [9.17, 15) is 18.0 Å². The van der Waals surface area contributed by atoms with Crippen LogP contribution in [0.25, 0.3) is 10.9 Å². The van der Waals surface area contributed by atoms with Gasteiger partial charge in [-0.3, -0.25) is 9.59 Å². The molecule has 11 heteroatoms. The zero-order chi connectivity index (χ0) is 23.0. The zero-order valence-electron chi connectivity index (χ0n) is 18.2. The van der Waals surface area contributed by atoms with E-state index < -0.39 is 15.9 Å². The second-order valence-electron chi connectivity index (χ2n) is 8.08. The van der Waals surface area contributed by atoms with Crippen LogP contribution in [0.5, 0.6) is 0 Å². The van der Waals surface area contributed by atoms with Crippen molar-refractivity contribution in [1.29, 1.82) is 0 Å². The minimum atomic E-state index is -3.81. The van der Waals surface area contributed by atoms with E-state index in [1.54, 1.807) is 45.2 Å². The molecule has 0 spiro atoms. The van der Waals surface area contributed by atoms with E-state index in [2.05, 4.69) is 15.1 Å². The fraction of sp³-hybridized carbons (Fsp3) is 0.429. The van der Waals surface area contributed by atoms with Crippen LogP contribution in [0.2, 0.25) is 0 Å². The predicted molar refractivity (Wildman–Crippen MR) is 116 cm³/mol. The maximum atomic E-state index is 13.1. The number of sulfonamides is 1. The van der Waals surface area contributed by atoms with Gasteiger partial charge in [-0.15, -0.1) is 0 Å². The number of hydrogen-bond donors (Lipinski definition) is 1. The lowest BCUT2D eigenvalue weighted by atomic mass is 9.98. The van der Waals surface area contributed by atoms with Crippen molar-refractivity contribution in [2.45, 2.75) is 38.1 Å². The SMILES string of the molecule is Cc1noc(C)c1S(=O)(=O)N1CCC[C@H](C(=O)N(C)Cc2nc3ccccc3c(=O)[nH]2)C1. The number of carbonyl (C=O) groups excluding carboxylic acids is 1. The Morgan fingerprint density at radius 2 is 2.06 bits per heavy atom. The number of rotatable bonds is 5. The average molecular weight is 460 g/mol. The smallest absolute Gasteiger partial charge is 0.258 e. The number of aryl methyl sites for hydroxylation is 2. The highest BCUT2D eigenvalue weighted by Crippen LogP contribution is 2.28. The number of H-pyrrole nitrogens is 1. The molecule has 0 aliphatic carbocycles. The van der Waals surface area contributed by atoms with Crippen LogP contribution in [0, 0.1) is 19.8 Å². The molecule has 32 heavy (non-hydrogen) atoms. The van der Waals surface area contributed by atoms with Crippen molar-refractivity contribution < 1.29 is 17.7 Å². The summed E-state index contributed by atoms with van der Waals surface area (Å²) in [5.74, 6) is -0.0735. The summed E-state index contributed by atoms with van der Waals surface area (Å²) < 4.78 is 32.6. The molecule has 0 bridgehead atoms. The number of nitrogens with one attached hydrogen (secondary N) is 1. The van der Waals surface area contributed by atoms with Crippen molar-refractivity contribution in [3.63, 3.8) is 0 Å². The number of para-hydroxylation sites is 1. The Labute approximate surface area is 185 Å². The van der Waals surface area contributed by atoms with Crippen molar-refractivity contribution in [3.05, 3.63) is 51.9 Å². The molecule has 1 atom stereocenters. The fourth-order valence-corrected chi connectivity index (χ4v) is 5.97. The van der Waals surface area contributed by atoms with Gasteiger partial charge in [0.15, 0.2) is 5.76 Å². The summed E-state index contributed by atoms with van der Waals surface area (Å²) in [5, 5.41) is 4.23. The molecule has 10 nitrogen and oxygen atoms in total. The average Bonchev–Trinajstić information content (AvgIpc) is 3.12. The Morgan fingerprint density at radius 3 is 2.78 bits per heavy atom. The van der Waals surface area contributed by atoms with E-state index in [1.807, 2.05) is 0 Å². The second kappa shape index (κ2) is 8.47. The van der Waals surface area contributed by atoms with Crippen molar-refractivity contribution in [1.82, 2.24) is 24.3 Å². The van der Waals surface area contributed by atoms with E-state index in [-0.39, 0.29) is 35.2 Å². The van der Waals surface area contributed by atoms with Crippen molar-refractivity contribution in [2.24, 2.45) is 5.92 Å². The van der Waals surface area contributed by atoms with Gasteiger partial charge >= 0.3 is 0 Å².